The number of nitrogens with zero attached hydrogens (tertiary/aromatic N) is 2. The lowest BCUT2D eigenvalue weighted by Crippen LogP contribution is -2.39. The van der Waals surface area contributed by atoms with Gasteiger partial charge in [-0.3, -0.25) is 19.9 Å². The van der Waals surface area contributed by atoms with E-state index in [4.69, 9.17) is 4.74 Å². The molecule has 1 aromatic carbocycles. The van der Waals surface area contributed by atoms with Gasteiger partial charge in [-0.25, -0.2) is 4.79 Å². The number of Topliss-reactive ketones (excluding diaryl/α,β-unsaturated/α-hetero) is 1. The first-order valence-electron chi connectivity index (χ1n) is 9.06. The fraction of sp³-hybridized carbons (Fsp3) is 0.450. The zero-order chi connectivity index (χ0) is 19.7. The van der Waals surface area contributed by atoms with Gasteiger partial charge in [0.2, 0.25) is 0 Å². The Morgan fingerprint density at radius 1 is 1.26 bits per heavy atom. The summed E-state index contributed by atoms with van der Waals surface area (Å²) in [6.45, 7) is 5.16. The van der Waals surface area contributed by atoms with E-state index in [2.05, 4.69) is 4.99 Å². The van der Waals surface area contributed by atoms with Crippen molar-refractivity contribution < 1.29 is 19.2 Å². The minimum Gasteiger partial charge on any atom is -0.460 e. The predicted octanol–water partition coefficient (Wildman–Crippen LogP) is 3.73. The van der Waals surface area contributed by atoms with Crippen LogP contribution in [0.2, 0.25) is 0 Å². The number of esters is 1. The number of benzene rings is 1. The Kier molecular flexibility index (Phi) is 5.21. The Balaban J connectivity index is 2.22. The molecule has 1 aliphatic carbocycles. The number of hydrogen-bond acceptors (Lipinski definition) is 6. The molecule has 0 aromatic heterocycles. The molecule has 0 spiro atoms. The van der Waals surface area contributed by atoms with Crippen LogP contribution in [0.25, 0.3) is 0 Å². The van der Waals surface area contributed by atoms with Crippen molar-refractivity contribution in [1.29, 1.82) is 0 Å². The van der Waals surface area contributed by atoms with Crippen LogP contribution in [0, 0.1) is 16.0 Å². The summed E-state index contributed by atoms with van der Waals surface area (Å²) in [6, 6.07) is 6.27. The number of aliphatic imine (C=N–C) groups is 1. The summed E-state index contributed by atoms with van der Waals surface area (Å²) in [5, 5.41) is 11.6. The standard InChI is InChI=1S/C20H22N2O5/c1-11(2)27-20(24)17-12(3)21-14-8-6-10-16(23)19(14)18(17)13-7-4-5-9-15(13)22(25)26/h4-5,7,9,11,18-19H,6,8,10H2,1-3H3. The minimum absolute atomic E-state index is 0.0366. The van der Waals surface area contributed by atoms with Crippen molar-refractivity contribution in [3.05, 3.63) is 51.2 Å². The first-order chi connectivity index (χ1) is 12.8. The second kappa shape index (κ2) is 7.42. The van der Waals surface area contributed by atoms with Crippen LogP contribution in [0.1, 0.15) is 51.5 Å². The molecule has 1 heterocycles. The normalized spacial score (nSPS) is 22.4. The zero-order valence-corrected chi connectivity index (χ0v) is 15.6. The average Bonchev–Trinajstić information content (AvgIpc) is 2.60. The van der Waals surface area contributed by atoms with E-state index < -0.39 is 22.7 Å². The maximum Gasteiger partial charge on any atom is 0.336 e. The Morgan fingerprint density at radius 2 is 1.96 bits per heavy atom. The minimum atomic E-state index is -0.752. The molecule has 3 rings (SSSR count). The third kappa shape index (κ3) is 3.54. The summed E-state index contributed by atoms with van der Waals surface area (Å²) in [5.74, 6) is -2.02. The Morgan fingerprint density at radius 3 is 2.63 bits per heavy atom. The molecule has 2 unspecified atom stereocenters. The number of rotatable bonds is 4. The molecule has 1 aliphatic heterocycles. The van der Waals surface area contributed by atoms with Gasteiger partial charge >= 0.3 is 5.97 Å². The fourth-order valence-electron chi connectivity index (χ4n) is 3.92. The lowest BCUT2D eigenvalue weighted by molar-refractivity contribution is -0.385. The number of carbonyl (C=O) groups is 2. The Labute approximate surface area is 157 Å². The molecule has 0 amide bonds. The maximum atomic E-state index is 12.8. The molecule has 142 valence electrons. The van der Waals surface area contributed by atoms with Gasteiger partial charge < -0.3 is 4.74 Å². The van der Waals surface area contributed by atoms with E-state index in [1.165, 1.54) is 6.07 Å². The van der Waals surface area contributed by atoms with E-state index in [0.717, 1.165) is 0 Å². The highest BCUT2D eigenvalue weighted by Crippen LogP contribution is 2.45. The van der Waals surface area contributed by atoms with Crippen molar-refractivity contribution in [1.82, 2.24) is 0 Å². The molecular formula is C20H22N2O5. The molecule has 27 heavy (non-hydrogen) atoms. The third-order valence-corrected chi connectivity index (χ3v) is 4.94. The third-order valence-electron chi connectivity index (χ3n) is 4.94. The van der Waals surface area contributed by atoms with Gasteiger partial charge in [-0.2, -0.15) is 0 Å². The first kappa shape index (κ1) is 18.9. The average molecular weight is 370 g/mol. The summed E-state index contributed by atoms with van der Waals surface area (Å²) < 4.78 is 5.38. The van der Waals surface area contributed by atoms with E-state index in [1.807, 2.05) is 0 Å². The molecule has 2 aliphatic rings. The van der Waals surface area contributed by atoms with Crippen LogP contribution in [-0.2, 0) is 14.3 Å². The van der Waals surface area contributed by atoms with Crippen molar-refractivity contribution in [2.45, 2.75) is 52.1 Å². The summed E-state index contributed by atoms with van der Waals surface area (Å²) in [4.78, 5) is 41.2. The summed E-state index contributed by atoms with van der Waals surface area (Å²) in [7, 11) is 0. The quantitative estimate of drug-likeness (QED) is 0.457. The molecule has 1 aromatic rings. The monoisotopic (exact) mass is 370 g/mol. The lowest BCUT2D eigenvalue weighted by Gasteiger charge is -2.35. The Bertz CT molecular complexity index is 869. The largest absolute Gasteiger partial charge is 0.460 e. The summed E-state index contributed by atoms with van der Waals surface area (Å²) in [5.41, 5.74) is 1.65. The van der Waals surface area contributed by atoms with Crippen molar-refractivity contribution in [2.75, 3.05) is 0 Å². The van der Waals surface area contributed by atoms with E-state index in [1.54, 1.807) is 39.0 Å². The van der Waals surface area contributed by atoms with Gasteiger partial charge in [0.05, 0.1) is 22.5 Å². The van der Waals surface area contributed by atoms with Gasteiger partial charge in [-0.15, -0.1) is 0 Å². The van der Waals surface area contributed by atoms with Gasteiger partial charge in [0, 0.05) is 35.4 Å². The number of carbonyl (C=O) groups excluding carboxylic acids is 2. The van der Waals surface area contributed by atoms with Gasteiger partial charge in [-0.05, 0) is 33.6 Å². The topological polar surface area (TPSA) is 98.9 Å². The molecule has 1 saturated carbocycles. The van der Waals surface area contributed by atoms with E-state index in [9.17, 15) is 19.7 Å². The second-order valence-electron chi connectivity index (χ2n) is 7.15. The zero-order valence-electron chi connectivity index (χ0n) is 15.6. The van der Waals surface area contributed by atoms with Crippen LogP contribution in [0.3, 0.4) is 0 Å². The SMILES string of the molecule is CC1=C(C(=O)OC(C)C)C(c2ccccc2[N+](=O)[O-])C2C(=O)CCCC2=N1. The van der Waals surface area contributed by atoms with E-state index >= 15 is 0 Å². The second-order valence-corrected chi connectivity index (χ2v) is 7.15. The van der Waals surface area contributed by atoms with E-state index in [0.29, 0.717) is 36.2 Å². The maximum absolute atomic E-state index is 12.8. The number of para-hydroxylation sites is 1. The number of nitro benzene ring substituents is 1. The summed E-state index contributed by atoms with van der Waals surface area (Å²) >= 11 is 0. The Hall–Kier alpha value is -2.83. The van der Waals surface area contributed by atoms with Gasteiger partial charge in [0.1, 0.15) is 5.78 Å². The molecule has 1 fully saturated rings. The highest BCUT2D eigenvalue weighted by Gasteiger charge is 2.45. The van der Waals surface area contributed by atoms with E-state index in [-0.39, 0.29) is 23.1 Å². The molecule has 2 atom stereocenters. The molecule has 0 radical (unpaired) electrons. The number of fused-ring (bicyclic) bond motifs is 1. The van der Waals surface area contributed by atoms with Crippen molar-refractivity contribution >= 4 is 23.2 Å². The van der Waals surface area contributed by atoms with Crippen LogP contribution < -0.4 is 0 Å². The first-order valence-corrected chi connectivity index (χ1v) is 9.06. The van der Waals surface area contributed by atoms with Crippen LogP contribution >= 0.6 is 0 Å². The molecule has 7 nitrogen and oxygen atoms in total. The number of hydrogen-bond donors (Lipinski definition) is 0. The highest BCUT2D eigenvalue weighted by atomic mass is 16.6. The van der Waals surface area contributed by atoms with Gasteiger partial charge in [0.25, 0.3) is 5.69 Å². The molecule has 0 saturated heterocycles. The van der Waals surface area contributed by atoms with Crippen molar-refractivity contribution in [3.63, 3.8) is 0 Å². The number of ketones is 1. The van der Waals surface area contributed by atoms with Gasteiger partial charge in [-0.1, -0.05) is 18.2 Å². The van der Waals surface area contributed by atoms with Crippen molar-refractivity contribution in [2.24, 2.45) is 10.9 Å². The number of allylic oxidation sites excluding steroid dienone is 1. The van der Waals surface area contributed by atoms with Crippen LogP contribution in [0.15, 0.2) is 40.5 Å². The highest BCUT2D eigenvalue weighted by molar-refractivity contribution is 6.11. The number of nitro groups is 1. The summed E-state index contributed by atoms with van der Waals surface area (Å²) in [6.07, 6.45) is 1.39. The fourth-order valence-corrected chi connectivity index (χ4v) is 3.92. The predicted molar refractivity (Wildman–Crippen MR) is 99.5 cm³/mol. The molecule has 7 heteroatoms. The van der Waals surface area contributed by atoms with Gasteiger partial charge in [0.15, 0.2) is 0 Å². The van der Waals surface area contributed by atoms with Crippen LogP contribution in [0.5, 0.6) is 0 Å². The van der Waals surface area contributed by atoms with Crippen LogP contribution in [-0.4, -0.2) is 28.5 Å². The number of ether oxygens (including phenoxy) is 1. The molecule has 0 N–H and O–H groups in total. The van der Waals surface area contributed by atoms with Crippen molar-refractivity contribution in [3.8, 4) is 0 Å². The smallest absolute Gasteiger partial charge is 0.336 e. The molecular weight excluding hydrogens is 348 g/mol. The van der Waals surface area contributed by atoms with Crippen LogP contribution in [0.4, 0.5) is 5.69 Å². The lowest BCUT2D eigenvalue weighted by atomic mass is 9.69. The molecule has 0 bridgehead atoms.